The maximum absolute atomic E-state index is 13.6. The van der Waals surface area contributed by atoms with E-state index in [1.54, 1.807) is 11.8 Å². The molecule has 1 aromatic carbocycles. The van der Waals surface area contributed by atoms with Gasteiger partial charge in [-0.2, -0.15) is 0 Å². The summed E-state index contributed by atoms with van der Waals surface area (Å²) in [5.41, 5.74) is 0.751. The zero-order valence-electron chi connectivity index (χ0n) is 12.0. The molecule has 6 heteroatoms. The molecule has 1 heterocycles. The minimum Gasteiger partial charge on any atom is -0.336 e. The highest BCUT2D eigenvalue weighted by molar-refractivity contribution is 5.95. The fourth-order valence-corrected chi connectivity index (χ4v) is 2.30. The van der Waals surface area contributed by atoms with Crippen molar-refractivity contribution in [3.05, 3.63) is 41.5 Å². The number of hydrogen-bond acceptors (Lipinski definition) is 2. The van der Waals surface area contributed by atoms with Gasteiger partial charge < -0.3 is 10.2 Å². The first-order valence-corrected chi connectivity index (χ1v) is 6.63. The average molecular weight is 317 g/mol. The standard InChI is InChI=1S/C15H18F2N2O.ClH/c1-10(13-4-3-12(16)8-14(13)17)7-15(20)19-6-5-18-11(2)9-19;/h3-4,7-8,11,18H,5-6,9H2,1-2H3;1H/b10-7-;. The molecule has 1 saturated heterocycles. The third-order valence-corrected chi connectivity index (χ3v) is 3.38. The van der Waals surface area contributed by atoms with Crippen LogP contribution in [-0.2, 0) is 4.79 Å². The molecule has 0 spiro atoms. The highest BCUT2D eigenvalue weighted by Gasteiger charge is 2.19. The molecule has 1 aliphatic rings. The normalized spacial score (nSPS) is 19.1. The van der Waals surface area contributed by atoms with Crippen LogP contribution >= 0.6 is 12.4 Å². The van der Waals surface area contributed by atoms with E-state index in [1.165, 1.54) is 18.2 Å². The number of piperazine rings is 1. The number of halogens is 3. The van der Waals surface area contributed by atoms with Gasteiger partial charge in [0.15, 0.2) is 0 Å². The Morgan fingerprint density at radius 1 is 1.43 bits per heavy atom. The third-order valence-electron chi connectivity index (χ3n) is 3.38. The SMILES string of the molecule is C/C(=C/C(=O)N1CCNC(C)C1)c1ccc(F)cc1F.Cl. The Balaban J connectivity index is 0.00000220. The molecule has 21 heavy (non-hydrogen) atoms. The van der Waals surface area contributed by atoms with Crippen molar-refractivity contribution >= 4 is 23.9 Å². The van der Waals surface area contributed by atoms with Gasteiger partial charge in [-0.15, -0.1) is 12.4 Å². The molecule has 1 amide bonds. The first kappa shape index (κ1) is 17.6. The van der Waals surface area contributed by atoms with E-state index in [1.807, 2.05) is 6.92 Å². The molecule has 1 aromatic rings. The van der Waals surface area contributed by atoms with Gasteiger partial charge in [-0.1, -0.05) is 0 Å². The van der Waals surface area contributed by atoms with Crippen molar-refractivity contribution in [3.8, 4) is 0 Å². The van der Waals surface area contributed by atoms with E-state index in [0.29, 0.717) is 18.7 Å². The maximum atomic E-state index is 13.6. The lowest BCUT2D eigenvalue weighted by molar-refractivity contribution is -0.127. The summed E-state index contributed by atoms with van der Waals surface area (Å²) < 4.78 is 26.5. The highest BCUT2D eigenvalue weighted by Crippen LogP contribution is 2.19. The topological polar surface area (TPSA) is 32.3 Å². The fraction of sp³-hybridized carbons (Fsp3) is 0.400. The van der Waals surface area contributed by atoms with Gasteiger partial charge in [-0.05, 0) is 31.6 Å². The zero-order valence-corrected chi connectivity index (χ0v) is 12.8. The lowest BCUT2D eigenvalue weighted by atomic mass is 10.1. The Morgan fingerprint density at radius 3 is 2.76 bits per heavy atom. The third kappa shape index (κ3) is 4.51. The smallest absolute Gasteiger partial charge is 0.246 e. The number of nitrogens with one attached hydrogen (secondary N) is 1. The van der Waals surface area contributed by atoms with Crippen LogP contribution < -0.4 is 5.32 Å². The molecule has 1 unspecified atom stereocenters. The predicted molar refractivity (Wildman–Crippen MR) is 81.3 cm³/mol. The molecule has 1 N–H and O–H groups in total. The van der Waals surface area contributed by atoms with Crippen LogP contribution in [0.1, 0.15) is 19.4 Å². The zero-order chi connectivity index (χ0) is 14.7. The number of carbonyl (C=O) groups is 1. The second-order valence-corrected chi connectivity index (χ2v) is 5.09. The van der Waals surface area contributed by atoms with Crippen molar-refractivity contribution in [1.82, 2.24) is 10.2 Å². The Morgan fingerprint density at radius 2 is 2.14 bits per heavy atom. The molecule has 0 saturated carbocycles. The van der Waals surface area contributed by atoms with Crippen molar-refractivity contribution in [3.63, 3.8) is 0 Å². The summed E-state index contributed by atoms with van der Waals surface area (Å²) >= 11 is 0. The van der Waals surface area contributed by atoms with Crippen molar-refractivity contribution in [2.45, 2.75) is 19.9 Å². The van der Waals surface area contributed by atoms with Crippen LogP contribution in [0.4, 0.5) is 8.78 Å². The van der Waals surface area contributed by atoms with Gasteiger partial charge in [0, 0.05) is 43.4 Å². The second-order valence-electron chi connectivity index (χ2n) is 5.09. The van der Waals surface area contributed by atoms with Gasteiger partial charge in [-0.3, -0.25) is 4.79 Å². The fourth-order valence-electron chi connectivity index (χ4n) is 2.30. The lowest BCUT2D eigenvalue weighted by Gasteiger charge is -2.31. The summed E-state index contributed by atoms with van der Waals surface area (Å²) in [7, 11) is 0. The molecule has 0 aromatic heterocycles. The van der Waals surface area contributed by atoms with E-state index >= 15 is 0 Å². The summed E-state index contributed by atoms with van der Waals surface area (Å²) in [5, 5.41) is 3.25. The maximum Gasteiger partial charge on any atom is 0.246 e. The second kappa shape index (κ2) is 7.52. The van der Waals surface area contributed by atoms with Gasteiger partial charge in [0.2, 0.25) is 5.91 Å². The Kier molecular flexibility index (Phi) is 6.30. The molecule has 1 fully saturated rings. The summed E-state index contributed by atoms with van der Waals surface area (Å²) in [6, 6.07) is 3.62. The Labute approximate surface area is 129 Å². The number of rotatable bonds is 2. The van der Waals surface area contributed by atoms with E-state index in [2.05, 4.69) is 5.32 Å². The number of nitrogens with zero attached hydrogens (tertiary/aromatic N) is 1. The van der Waals surface area contributed by atoms with Crippen molar-refractivity contribution in [1.29, 1.82) is 0 Å². The summed E-state index contributed by atoms with van der Waals surface area (Å²) in [5.74, 6) is -1.42. The van der Waals surface area contributed by atoms with Crippen LogP contribution in [0.25, 0.3) is 5.57 Å². The van der Waals surface area contributed by atoms with Crippen LogP contribution in [0.15, 0.2) is 24.3 Å². The van der Waals surface area contributed by atoms with Gasteiger partial charge in [-0.25, -0.2) is 8.78 Å². The molecule has 2 rings (SSSR count). The average Bonchev–Trinajstić information content (AvgIpc) is 2.38. The van der Waals surface area contributed by atoms with E-state index in [9.17, 15) is 13.6 Å². The van der Waals surface area contributed by atoms with E-state index in [4.69, 9.17) is 0 Å². The molecule has 1 atom stereocenters. The lowest BCUT2D eigenvalue weighted by Crippen LogP contribution is -2.50. The van der Waals surface area contributed by atoms with Crippen LogP contribution in [0, 0.1) is 11.6 Å². The molecule has 0 radical (unpaired) electrons. The number of amides is 1. The Bertz CT molecular complexity index is 548. The number of carbonyl (C=O) groups excluding carboxylic acids is 1. The van der Waals surface area contributed by atoms with Crippen LogP contribution in [0.2, 0.25) is 0 Å². The molecule has 116 valence electrons. The first-order valence-electron chi connectivity index (χ1n) is 6.63. The minimum absolute atomic E-state index is 0. The molecular weight excluding hydrogens is 298 g/mol. The minimum atomic E-state index is -0.653. The van der Waals surface area contributed by atoms with Gasteiger partial charge >= 0.3 is 0 Å². The quantitative estimate of drug-likeness (QED) is 0.851. The molecule has 1 aliphatic heterocycles. The van der Waals surface area contributed by atoms with Gasteiger partial charge in [0.25, 0.3) is 0 Å². The Hall–Kier alpha value is -1.46. The van der Waals surface area contributed by atoms with Gasteiger partial charge in [0.05, 0.1) is 0 Å². The van der Waals surface area contributed by atoms with E-state index < -0.39 is 11.6 Å². The van der Waals surface area contributed by atoms with Crippen LogP contribution in [0.3, 0.4) is 0 Å². The number of allylic oxidation sites excluding steroid dienone is 1. The van der Waals surface area contributed by atoms with E-state index in [-0.39, 0.29) is 29.9 Å². The van der Waals surface area contributed by atoms with Crippen LogP contribution in [0.5, 0.6) is 0 Å². The predicted octanol–water partition coefficient (Wildman–Crippen LogP) is 2.61. The molecule has 0 bridgehead atoms. The largest absolute Gasteiger partial charge is 0.336 e. The summed E-state index contributed by atoms with van der Waals surface area (Å²) in [4.78, 5) is 13.9. The van der Waals surface area contributed by atoms with Crippen molar-refractivity contribution in [2.24, 2.45) is 0 Å². The van der Waals surface area contributed by atoms with Crippen molar-refractivity contribution in [2.75, 3.05) is 19.6 Å². The summed E-state index contributed by atoms with van der Waals surface area (Å²) in [6.07, 6.45) is 1.41. The highest BCUT2D eigenvalue weighted by atomic mass is 35.5. The summed E-state index contributed by atoms with van der Waals surface area (Å²) in [6.45, 7) is 5.69. The molecular formula is C15H19ClF2N2O. The monoisotopic (exact) mass is 316 g/mol. The van der Waals surface area contributed by atoms with Crippen LogP contribution in [-0.4, -0.2) is 36.5 Å². The van der Waals surface area contributed by atoms with E-state index in [0.717, 1.165) is 12.6 Å². The number of benzene rings is 1. The van der Waals surface area contributed by atoms with Crippen molar-refractivity contribution < 1.29 is 13.6 Å². The van der Waals surface area contributed by atoms with Gasteiger partial charge in [0.1, 0.15) is 11.6 Å². The number of hydrogen-bond donors (Lipinski definition) is 1. The molecule has 0 aliphatic carbocycles. The molecule has 3 nitrogen and oxygen atoms in total. The first-order chi connectivity index (χ1) is 9.47.